The van der Waals surface area contributed by atoms with Crippen molar-refractivity contribution in [1.29, 1.82) is 0 Å². The van der Waals surface area contributed by atoms with E-state index < -0.39 is 11.9 Å². The highest BCUT2D eigenvalue weighted by molar-refractivity contribution is 6.28. The summed E-state index contributed by atoms with van der Waals surface area (Å²) >= 11 is 0. The molecule has 0 aromatic carbocycles. The van der Waals surface area contributed by atoms with Crippen molar-refractivity contribution in [1.82, 2.24) is 0 Å². The Morgan fingerprint density at radius 2 is 1.77 bits per heavy atom. The van der Waals surface area contributed by atoms with Gasteiger partial charge in [0.25, 0.3) is 0 Å². The summed E-state index contributed by atoms with van der Waals surface area (Å²) in [4.78, 5) is 22.3. The van der Waals surface area contributed by atoms with Crippen LogP contribution in [0, 0.1) is 33.5 Å². The third kappa shape index (κ3) is 2.47. The zero-order valence-electron chi connectivity index (χ0n) is 16.3. The molecule has 26 heavy (non-hydrogen) atoms. The van der Waals surface area contributed by atoms with Gasteiger partial charge in [0, 0.05) is 5.41 Å². The van der Waals surface area contributed by atoms with Gasteiger partial charge in [-0.05, 0) is 73.0 Å². The van der Waals surface area contributed by atoms with Crippen LogP contribution in [0.3, 0.4) is 0 Å². The average Bonchev–Trinajstić information content (AvgIpc) is 2.82. The summed E-state index contributed by atoms with van der Waals surface area (Å²) in [6.45, 7) is 7.36. The number of esters is 1. The molecule has 4 rings (SSSR count). The standard InChI is InChI=1S/C22H32O4/c1-19-9-5-16-21(3)8-4-7-20(2,14-26-18(25)17(23)24)15(21)6-10-22(16,13-19)12-11-19/h11-12,15-16H,4-10,13-14H2,1-3H3,(H,23,24). The predicted octanol–water partition coefficient (Wildman–Crippen LogP) is 4.58. The second kappa shape index (κ2) is 5.59. The van der Waals surface area contributed by atoms with Crippen LogP contribution in [-0.2, 0) is 14.3 Å². The quantitative estimate of drug-likeness (QED) is 0.445. The van der Waals surface area contributed by atoms with E-state index in [1.165, 1.54) is 32.1 Å². The molecule has 4 aliphatic carbocycles. The van der Waals surface area contributed by atoms with E-state index in [-0.39, 0.29) is 17.4 Å². The molecule has 4 nitrogen and oxygen atoms in total. The van der Waals surface area contributed by atoms with Gasteiger partial charge in [0.15, 0.2) is 0 Å². The molecule has 0 aromatic rings. The van der Waals surface area contributed by atoms with Crippen molar-refractivity contribution in [3.63, 3.8) is 0 Å². The van der Waals surface area contributed by atoms with E-state index in [0.717, 1.165) is 19.3 Å². The van der Waals surface area contributed by atoms with Crippen molar-refractivity contribution in [2.45, 2.75) is 72.1 Å². The first kappa shape index (κ1) is 18.1. The molecule has 0 saturated heterocycles. The molecule has 4 heteroatoms. The number of hydrogen-bond donors (Lipinski definition) is 1. The number of carboxylic acid groups (broad SMARTS) is 1. The fraction of sp³-hybridized carbons (Fsp3) is 0.818. The lowest BCUT2D eigenvalue weighted by Crippen LogP contribution is -2.58. The van der Waals surface area contributed by atoms with Crippen molar-refractivity contribution >= 4 is 11.9 Å². The number of carboxylic acids is 1. The zero-order valence-corrected chi connectivity index (χ0v) is 16.3. The fourth-order valence-electron chi connectivity index (χ4n) is 7.73. The van der Waals surface area contributed by atoms with E-state index in [1.807, 2.05) is 0 Å². The third-order valence-corrected chi connectivity index (χ3v) is 8.75. The minimum Gasteiger partial charge on any atom is -0.473 e. The van der Waals surface area contributed by atoms with E-state index >= 15 is 0 Å². The predicted molar refractivity (Wildman–Crippen MR) is 98.4 cm³/mol. The van der Waals surface area contributed by atoms with Crippen molar-refractivity contribution < 1.29 is 19.4 Å². The summed E-state index contributed by atoms with van der Waals surface area (Å²) in [5.41, 5.74) is 0.919. The van der Waals surface area contributed by atoms with Crippen LogP contribution in [-0.4, -0.2) is 23.7 Å². The van der Waals surface area contributed by atoms with Crippen molar-refractivity contribution in [3.8, 4) is 0 Å². The Kier molecular flexibility index (Phi) is 3.88. The maximum Gasteiger partial charge on any atom is 0.417 e. The maximum absolute atomic E-state index is 11.5. The molecule has 4 aliphatic rings. The highest BCUT2D eigenvalue weighted by Crippen LogP contribution is 2.71. The first-order valence-corrected chi connectivity index (χ1v) is 10.2. The van der Waals surface area contributed by atoms with Crippen LogP contribution in [0.5, 0.6) is 0 Å². The van der Waals surface area contributed by atoms with E-state index in [9.17, 15) is 9.59 Å². The Morgan fingerprint density at radius 3 is 2.50 bits per heavy atom. The van der Waals surface area contributed by atoms with Crippen LogP contribution in [0.4, 0.5) is 0 Å². The minimum atomic E-state index is -1.49. The van der Waals surface area contributed by atoms with Crippen LogP contribution in [0.15, 0.2) is 12.2 Å². The van der Waals surface area contributed by atoms with Gasteiger partial charge in [-0.1, -0.05) is 39.3 Å². The van der Waals surface area contributed by atoms with Gasteiger partial charge in [0.2, 0.25) is 0 Å². The van der Waals surface area contributed by atoms with Crippen LogP contribution < -0.4 is 0 Å². The molecule has 0 heterocycles. The Morgan fingerprint density at radius 1 is 1.04 bits per heavy atom. The number of aliphatic carboxylic acids is 1. The Bertz CT molecular complexity index is 669. The SMILES string of the molecule is CC12C=CC3(CCC4C(C)(COC(=O)C(=O)O)CCCC4(C)C3CC1)C2. The second-order valence-electron chi connectivity index (χ2n) is 10.5. The average molecular weight is 360 g/mol. The van der Waals surface area contributed by atoms with Gasteiger partial charge >= 0.3 is 11.9 Å². The van der Waals surface area contributed by atoms with Crippen LogP contribution in [0.1, 0.15) is 72.1 Å². The van der Waals surface area contributed by atoms with Gasteiger partial charge in [-0.25, -0.2) is 9.59 Å². The molecular weight excluding hydrogens is 328 g/mol. The molecule has 0 amide bonds. The number of carbonyl (C=O) groups excluding carboxylic acids is 1. The van der Waals surface area contributed by atoms with Crippen molar-refractivity contribution in [3.05, 3.63) is 12.2 Å². The normalized spacial score (nSPS) is 49.2. The van der Waals surface area contributed by atoms with E-state index in [1.54, 1.807) is 0 Å². The van der Waals surface area contributed by atoms with Gasteiger partial charge in [-0.15, -0.1) is 0 Å². The van der Waals surface area contributed by atoms with Crippen LogP contribution in [0.2, 0.25) is 0 Å². The smallest absolute Gasteiger partial charge is 0.417 e. The summed E-state index contributed by atoms with van der Waals surface area (Å²) in [5.74, 6) is -1.40. The monoisotopic (exact) mass is 360 g/mol. The largest absolute Gasteiger partial charge is 0.473 e. The van der Waals surface area contributed by atoms with E-state index in [2.05, 4.69) is 32.9 Å². The zero-order chi connectivity index (χ0) is 18.8. The molecule has 6 atom stereocenters. The minimum absolute atomic E-state index is 0.108. The molecular formula is C22H32O4. The topological polar surface area (TPSA) is 63.6 Å². The molecule has 1 N–H and O–H groups in total. The lowest BCUT2D eigenvalue weighted by atomic mass is 9.40. The Balaban J connectivity index is 1.60. The molecule has 144 valence electrons. The van der Waals surface area contributed by atoms with Gasteiger partial charge in [-0.3, -0.25) is 0 Å². The van der Waals surface area contributed by atoms with Gasteiger partial charge < -0.3 is 9.84 Å². The van der Waals surface area contributed by atoms with Gasteiger partial charge in [-0.2, -0.15) is 0 Å². The number of allylic oxidation sites excluding steroid dienone is 2. The number of hydrogen-bond acceptors (Lipinski definition) is 3. The summed E-state index contributed by atoms with van der Waals surface area (Å²) in [6, 6.07) is 0. The third-order valence-electron chi connectivity index (χ3n) is 8.75. The van der Waals surface area contributed by atoms with Crippen LogP contribution >= 0.6 is 0 Å². The number of rotatable bonds is 2. The van der Waals surface area contributed by atoms with Crippen molar-refractivity contribution in [2.75, 3.05) is 6.61 Å². The highest BCUT2D eigenvalue weighted by atomic mass is 16.6. The molecule has 2 bridgehead atoms. The number of ether oxygens (including phenoxy) is 1. The first-order chi connectivity index (χ1) is 12.1. The van der Waals surface area contributed by atoms with E-state index in [0.29, 0.717) is 22.7 Å². The summed E-state index contributed by atoms with van der Waals surface area (Å²) < 4.78 is 5.20. The van der Waals surface area contributed by atoms with Gasteiger partial charge in [0.1, 0.15) is 0 Å². The van der Waals surface area contributed by atoms with Crippen molar-refractivity contribution in [2.24, 2.45) is 33.5 Å². The van der Waals surface area contributed by atoms with E-state index in [4.69, 9.17) is 9.84 Å². The lowest BCUT2D eigenvalue weighted by molar-refractivity contribution is -0.178. The molecule has 3 saturated carbocycles. The number of carbonyl (C=O) groups is 2. The molecule has 0 aliphatic heterocycles. The molecule has 3 fully saturated rings. The first-order valence-electron chi connectivity index (χ1n) is 10.2. The Labute approximate surface area is 156 Å². The van der Waals surface area contributed by atoms with Crippen LogP contribution in [0.25, 0.3) is 0 Å². The lowest BCUT2D eigenvalue weighted by Gasteiger charge is -2.64. The fourth-order valence-corrected chi connectivity index (χ4v) is 7.73. The maximum atomic E-state index is 11.5. The molecule has 1 spiro atoms. The molecule has 0 aromatic heterocycles. The summed E-state index contributed by atoms with van der Waals surface area (Å²) in [5, 5.41) is 8.85. The van der Waals surface area contributed by atoms with Gasteiger partial charge in [0.05, 0.1) is 6.61 Å². The summed E-state index contributed by atoms with van der Waals surface area (Å²) in [7, 11) is 0. The summed E-state index contributed by atoms with van der Waals surface area (Å²) in [6.07, 6.45) is 14.7. The second-order valence-corrected chi connectivity index (χ2v) is 10.5. The highest BCUT2D eigenvalue weighted by Gasteiger charge is 2.63. The number of fused-ring (bicyclic) bond motifs is 3. The molecule has 0 radical (unpaired) electrons. The Hall–Kier alpha value is -1.32. The molecule has 6 unspecified atom stereocenters.